The molecule has 0 bridgehead atoms. The van der Waals surface area contributed by atoms with Crippen molar-refractivity contribution in [1.82, 2.24) is 14.5 Å². The minimum atomic E-state index is 0.0594. The molecule has 1 fully saturated rings. The average molecular weight is 353 g/mol. The zero-order valence-electron chi connectivity index (χ0n) is 15.3. The number of hydrogen-bond acceptors (Lipinski definition) is 4. The molecule has 2 aromatic rings. The van der Waals surface area contributed by atoms with Crippen molar-refractivity contribution in [3.8, 4) is 5.75 Å². The monoisotopic (exact) mass is 353 g/mol. The predicted octanol–water partition coefficient (Wildman–Crippen LogP) is 3.34. The molecule has 4 rings (SSSR count). The zero-order chi connectivity index (χ0) is 17.8. The Morgan fingerprint density at radius 2 is 2.04 bits per heavy atom. The summed E-state index contributed by atoms with van der Waals surface area (Å²) < 4.78 is 7.42. The summed E-state index contributed by atoms with van der Waals surface area (Å²) >= 11 is 0. The lowest BCUT2D eigenvalue weighted by Gasteiger charge is -2.36. The second-order valence-electron chi connectivity index (χ2n) is 7.37. The number of benzene rings is 1. The molecule has 5 nitrogen and oxygen atoms in total. The van der Waals surface area contributed by atoms with E-state index in [0.29, 0.717) is 19.4 Å². The number of carbonyl (C=O) groups excluding carboxylic acids is 1. The van der Waals surface area contributed by atoms with Crippen LogP contribution in [0.4, 0.5) is 0 Å². The molecule has 2 aliphatic rings. The van der Waals surface area contributed by atoms with Crippen LogP contribution in [0.15, 0.2) is 36.9 Å². The van der Waals surface area contributed by atoms with E-state index in [1.165, 1.54) is 48.0 Å². The van der Waals surface area contributed by atoms with Crippen LogP contribution in [0.2, 0.25) is 0 Å². The standard InChI is InChI=1S/C21H27N3O2/c25-21(24-13-10-22-16-24)5-2-14-26-20-7-6-17-8-11-23(19-3-1-4-19)12-9-18(17)15-20/h6-7,10,13,15-16,19H,1-5,8-9,11-12,14H2. The number of fused-ring (bicyclic) bond motifs is 1. The van der Waals surface area contributed by atoms with Gasteiger partial charge in [-0.25, -0.2) is 4.98 Å². The first-order chi connectivity index (χ1) is 12.8. The molecule has 0 amide bonds. The van der Waals surface area contributed by atoms with Crippen LogP contribution < -0.4 is 4.74 Å². The van der Waals surface area contributed by atoms with Gasteiger partial charge in [0.1, 0.15) is 12.1 Å². The maximum absolute atomic E-state index is 11.9. The highest BCUT2D eigenvalue weighted by Crippen LogP contribution is 2.28. The van der Waals surface area contributed by atoms with Gasteiger partial charge in [0.15, 0.2) is 0 Å². The number of aromatic nitrogens is 2. The van der Waals surface area contributed by atoms with Crippen molar-refractivity contribution in [3.05, 3.63) is 48.0 Å². The van der Waals surface area contributed by atoms with Crippen molar-refractivity contribution in [2.75, 3.05) is 19.7 Å². The van der Waals surface area contributed by atoms with E-state index >= 15 is 0 Å². The first kappa shape index (κ1) is 17.3. The molecule has 0 radical (unpaired) electrons. The van der Waals surface area contributed by atoms with Gasteiger partial charge < -0.3 is 4.74 Å². The Hall–Kier alpha value is -2.14. The van der Waals surface area contributed by atoms with E-state index in [4.69, 9.17) is 4.74 Å². The Bertz CT molecular complexity index is 738. The van der Waals surface area contributed by atoms with Crippen LogP contribution in [0.5, 0.6) is 5.75 Å². The Morgan fingerprint density at radius 3 is 2.77 bits per heavy atom. The molecule has 1 aliphatic heterocycles. The first-order valence-corrected chi connectivity index (χ1v) is 9.79. The van der Waals surface area contributed by atoms with Crippen molar-refractivity contribution in [1.29, 1.82) is 0 Å². The third-order valence-electron chi connectivity index (χ3n) is 5.70. The van der Waals surface area contributed by atoms with E-state index in [1.54, 1.807) is 18.7 Å². The van der Waals surface area contributed by atoms with Crippen LogP contribution in [0.3, 0.4) is 0 Å². The van der Waals surface area contributed by atoms with Gasteiger partial charge in [-0.1, -0.05) is 12.5 Å². The lowest BCUT2D eigenvalue weighted by Crippen LogP contribution is -2.41. The lowest BCUT2D eigenvalue weighted by atomic mass is 9.91. The van der Waals surface area contributed by atoms with E-state index < -0.39 is 0 Å². The quantitative estimate of drug-likeness (QED) is 0.748. The van der Waals surface area contributed by atoms with E-state index in [-0.39, 0.29) is 5.91 Å². The molecular formula is C21H27N3O2. The summed E-state index contributed by atoms with van der Waals surface area (Å²) in [5.74, 6) is 0.986. The smallest absolute Gasteiger partial charge is 0.231 e. The van der Waals surface area contributed by atoms with E-state index in [2.05, 4.69) is 28.1 Å². The van der Waals surface area contributed by atoms with Gasteiger partial charge in [-0.2, -0.15) is 0 Å². The Morgan fingerprint density at radius 1 is 1.19 bits per heavy atom. The third kappa shape index (κ3) is 3.98. The zero-order valence-corrected chi connectivity index (χ0v) is 15.3. The maximum atomic E-state index is 11.9. The minimum Gasteiger partial charge on any atom is -0.494 e. The van der Waals surface area contributed by atoms with Gasteiger partial charge in [0, 0.05) is 37.9 Å². The summed E-state index contributed by atoms with van der Waals surface area (Å²) in [6.07, 6.45) is 12.4. The van der Waals surface area contributed by atoms with Gasteiger partial charge in [-0.15, -0.1) is 0 Å². The fourth-order valence-electron chi connectivity index (χ4n) is 3.87. The lowest BCUT2D eigenvalue weighted by molar-refractivity contribution is 0.0893. The van der Waals surface area contributed by atoms with Crippen LogP contribution in [0.1, 0.15) is 48.0 Å². The van der Waals surface area contributed by atoms with Crippen molar-refractivity contribution in [2.45, 2.75) is 51.0 Å². The number of nitrogens with zero attached hydrogens (tertiary/aromatic N) is 3. The summed E-state index contributed by atoms with van der Waals surface area (Å²) in [6.45, 7) is 2.92. The van der Waals surface area contributed by atoms with Gasteiger partial charge in [-0.3, -0.25) is 14.3 Å². The van der Waals surface area contributed by atoms with Gasteiger partial charge >= 0.3 is 0 Å². The van der Waals surface area contributed by atoms with Crippen molar-refractivity contribution >= 4 is 5.91 Å². The summed E-state index contributed by atoms with van der Waals surface area (Å²) in [7, 11) is 0. The summed E-state index contributed by atoms with van der Waals surface area (Å²) in [5.41, 5.74) is 2.90. The topological polar surface area (TPSA) is 47.4 Å². The van der Waals surface area contributed by atoms with E-state index in [1.807, 2.05) is 0 Å². The molecule has 0 N–H and O–H groups in total. The Kier molecular flexibility index (Phi) is 5.34. The minimum absolute atomic E-state index is 0.0594. The van der Waals surface area contributed by atoms with Crippen LogP contribution in [0.25, 0.3) is 0 Å². The molecule has 138 valence electrons. The first-order valence-electron chi connectivity index (χ1n) is 9.79. The van der Waals surface area contributed by atoms with Crippen molar-refractivity contribution < 1.29 is 9.53 Å². The molecule has 0 saturated heterocycles. The second-order valence-corrected chi connectivity index (χ2v) is 7.37. The van der Waals surface area contributed by atoms with Gasteiger partial charge in [0.25, 0.3) is 0 Å². The average Bonchev–Trinajstić information content (AvgIpc) is 3.07. The normalized spacial score (nSPS) is 18.0. The molecule has 1 aromatic carbocycles. The summed E-state index contributed by atoms with van der Waals surface area (Å²) in [5, 5.41) is 0. The number of carbonyl (C=O) groups is 1. The molecule has 5 heteroatoms. The van der Waals surface area contributed by atoms with Gasteiger partial charge in [-0.05, 0) is 55.4 Å². The summed E-state index contributed by atoms with van der Waals surface area (Å²) in [4.78, 5) is 18.5. The number of hydrogen-bond donors (Lipinski definition) is 0. The highest BCUT2D eigenvalue weighted by Gasteiger charge is 2.26. The molecule has 1 aromatic heterocycles. The van der Waals surface area contributed by atoms with Crippen molar-refractivity contribution in [2.24, 2.45) is 0 Å². The van der Waals surface area contributed by atoms with E-state index in [0.717, 1.165) is 24.6 Å². The maximum Gasteiger partial charge on any atom is 0.231 e. The number of imidazole rings is 1. The van der Waals surface area contributed by atoms with Crippen LogP contribution in [-0.4, -0.2) is 46.1 Å². The molecule has 0 atom stereocenters. The Labute approximate surface area is 155 Å². The van der Waals surface area contributed by atoms with Crippen LogP contribution >= 0.6 is 0 Å². The molecule has 0 unspecified atom stereocenters. The highest BCUT2D eigenvalue weighted by molar-refractivity contribution is 5.78. The van der Waals surface area contributed by atoms with E-state index in [9.17, 15) is 4.79 Å². The molecule has 26 heavy (non-hydrogen) atoms. The second kappa shape index (κ2) is 8.04. The van der Waals surface area contributed by atoms with Gasteiger partial charge in [0.05, 0.1) is 6.61 Å². The molecular weight excluding hydrogens is 326 g/mol. The molecule has 1 aliphatic carbocycles. The Balaban J connectivity index is 1.26. The predicted molar refractivity (Wildman–Crippen MR) is 101 cm³/mol. The largest absolute Gasteiger partial charge is 0.494 e. The highest BCUT2D eigenvalue weighted by atomic mass is 16.5. The fourth-order valence-corrected chi connectivity index (χ4v) is 3.87. The number of rotatable bonds is 6. The fraction of sp³-hybridized carbons (Fsp3) is 0.524. The molecule has 0 spiro atoms. The number of ether oxygens (including phenoxy) is 1. The van der Waals surface area contributed by atoms with Crippen LogP contribution in [0, 0.1) is 0 Å². The molecule has 1 saturated carbocycles. The van der Waals surface area contributed by atoms with Crippen molar-refractivity contribution in [3.63, 3.8) is 0 Å². The van der Waals surface area contributed by atoms with Crippen LogP contribution in [-0.2, 0) is 12.8 Å². The SMILES string of the molecule is O=C(CCCOc1ccc2c(c1)CCN(C1CCC1)CC2)n1ccnc1. The summed E-state index contributed by atoms with van der Waals surface area (Å²) in [6, 6.07) is 7.34. The third-order valence-corrected chi connectivity index (χ3v) is 5.70. The molecule has 2 heterocycles. The van der Waals surface area contributed by atoms with Gasteiger partial charge in [0.2, 0.25) is 5.91 Å².